The molecule has 0 radical (unpaired) electrons. The van der Waals surface area contributed by atoms with E-state index in [1.54, 1.807) is 6.07 Å². The maximum absolute atomic E-state index is 6.02. The van der Waals surface area contributed by atoms with Crippen LogP contribution in [-0.4, -0.2) is 9.55 Å². The van der Waals surface area contributed by atoms with E-state index in [0.29, 0.717) is 20.9 Å². The Hall–Kier alpha value is -0.770. The van der Waals surface area contributed by atoms with E-state index in [4.69, 9.17) is 35.4 Å². The molecule has 0 amide bonds. The van der Waals surface area contributed by atoms with Gasteiger partial charge in [0.25, 0.3) is 0 Å². The molecule has 1 N–H and O–H groups in total. The van der Waals surface area contributed by atoms with Gasteiger partial charge in [0.15, 0.2) is 4.77 Å². The molecule has 2 rings (SSSR count). The molecular formula is C12H12Cl2N2S. The van der Waals surface area contributed by atoms with Crippen molar-refractivity contribution < 1.29 is 0 Å². The second kappa shape index (κ2) is 4.84. The molecule has 1 aromatic carbocycles. The standard InChI is InChI=1S/C12H12Cl2N2S/c1-7(2)16-11(6-15-12(16)17)8-3-4-9(13)10(14)5-8/h3-7H,1-2H3,(H,15,17). The van der Waals surface area contributed by atoms with Crippen LogP contribution in [0.25, 0.3) is 11.3 Å². The van der Waals surface area contributed by atoms with E-state index in [1.807, 2.05) is 18.3 Å². The second-order valence-corrected chi connectivity index (χ2v) is 5.27. The van der Waals surface area contributed by atoms with Crippen LogP contribution >= 0.6 is 35.4 Å². The van der Waals surface area contributed by atoms with Crippen molar-refractivity contribution in [3.8, 4) is 11.3 Å². The van der Waals surface area contributed by atoms with Gasteiger partial charge in [0.1, 0.15) is 0 Å². The number of hydrogen-bond acceptors (Lipinski definition) is 1. The number of aromatic amines is 1. The van der Waals surface area contributed by atoms with Gasteiger partial charge in [0, 0.05) is 17.8 Å². The summed E-state index contributed by atoms with van der Waals surface area (Å²) in [6.07, 6.45) is 1.89. The highest BCUT2D eigenvalue weighted by Gasteiger charge is 2.10. The van der Waals surface area contributed by atoms with E-state index in [9.17, 15) is 0 Å². The van der Waals surface area contributed by atoms with Gasteiger partial charge in [-0.05, 0) is 38.2 Å². The van der Waals surface area contributed by atoms with Gasteiger partial charge >= 0.3 is 0 Å². The fourth-order valence-corrected chi connectivity index (χ4v) is 2.44. The Bertz CT molecular complexity index is 599. The number of nitrogens with zero attached hydrogens (tertiary/aromatic N) is 1. The number of hydrogen-bond donors (Lipinski definition) is 1. The van der Waals surface area contributed by atoms with Gasteiger partial charge in [0.2, 0.25) is 0 Å². The van der Waals surface area contributed by atoms with Gasteiger partial charge in [-0.1, -0.05) is 29.3 Å². The topological polar surface area (TPSA) is 20.7 Å². The predicted octanol–water partition coefficient (Wildman–Crippen LogP) is 5.10. The summed E-state index contributed by atoms with van der Waals surface area (Å²) in [5.41, 5.74) is 2.02. The molecule has 1 heterocycles. The summed E-state index contributed by atoms with van der Waals surface area (Å²) < 4.78 is 2.76. The van der Waals surface area contributed by atoms with Gasteiger partial charge in [-0.3, -0.25) is 0 Å². The van der Waals surface area contributed by atoms with E-state index in [-0.39, 0.29) is 0 Å². The van der Waals surface area contributed by atoms with Crippen molar-refractivity contribution in [2.24, 2.45) is 0 Å². The largest absolute Gasteiger partial charge is 0.337 e. The number of benzene rings is 1. The lowest BCUT2D eigenvalue weighted by atomic mass is 10.1. The van der Waals surface area contributed by atoms with Crippen LogP contribution in [0.5, 0.6) is 0 Å². The van der Waals surface area contributed by atoms with E-state index in [2.05, 4.69) is 23.4 Å². The fraction of sp³-hybridized carbons (Fsp3) is 0.250. The highest BCUT2D eigenvalue weighted by molar-refractivity contribution is 7.71. The normalized spacial score (nSPS) is 11.1. The van der Waals surface area contributed by atoms with Crippen molar-refractivity contribution in [2.75, 3.05) is 0 Å². The molecular weight excluding hydrogens is 275 g/mol. The number of aromatic nitrogens is 2. The minimum absolute atomic E-state index is 0.290. The minimum Gasteiger partial charge on any atom is -0.337 e. The van der Waals surface area contributed by atoms with Gasteiger partial charge in [-0.2, -0.15) is 0 Å². The molecule has 0 bridgehead atoms. The number of halogens is 2. The summed E-state index contributed by atoms with van der Waals surface area (Å²) in [6, 6.07) is 5.87. The summed E-state index contributed by atoms with van der Waals surface area (Å²) in [6.45, 7) is 4.18. The molecule has 0 aliphatic rings. The molecule has 5 heteroatoms. The molecule has 17 heavy (non-hydrogen) atoms. The summed E-state index contributed by atoms with van der Waals surface area (Å²) in [5.74, 6) is 0. The van der Waals surface area contributed by atoms with Crippen LogP contribution in [0.2, 0.25) is 10.0 Å². The lowest BCUT2D eigenvalue weighted by Gasteiger charge is -2.12. The van der Waals surface area contributed by atoms with Crippen LogP contribution in [-0.2, 0) is 0 Å². The Balaban J connectivity index is 2.61. The molecule has 0 atom stereocenters. The van der Waals surface area contributed by atoms with Gasteiger partial charge in [-0.25, -0.2) is 0 Å². The molecule has 2 nitrogen and oxygen atoms in total. The van der Waals surface area contributed by atoms with Crippen LogP contribution in [0.15, 0.2) is 24.4 Å². The first-order valence-electron chi connectivity index (χ1n) is 5.26. The monoisotopic (exact) mass is 286 g/mol. The lowest BCUT2D eigenvalue weighted by molar-refractivity contribution is 0.598. The number of nitrogens with one attached hydrogen (secondary N) is 1. The van der Waals surface area contributed by atoms with Crippen molar-refractivity contribution in [2.45, 2.75) is 19.9 Å². The fourth-order valence-electron chi connectivity index (χ4n) is 1.77. The quantitative estimate of drug-likeness (QED) is 0.762. The molecule has 0 fully saturated rings. The lowest BCUT2D eigenvalue weighted by Crippen LogP contribution is -2.02. The smallest absolute Gasteiger partial charge is 0.177 e. The van der Waals surface area contributed by atoms with Crippen molar-refractivity contribution in [1.29, 1.82) is 0 Å². The van der Waals surface area contributed by atoms with Crippen LogP contribution in [0.3, 0.4) is 0 Å². The Morgan fingerprint density at radius 1 is 1.24 bits per heavy atom. The van der Waals surface area contributed by atoms with Crippen molar-refractivity contribution in [3.63, 3.8) is 0 Å². The molecule has 2 aromatic rings. The van der Waals surface area contributed by atoms with Gasteiger partial charge in [0.05, 0.1) is 15.7 Å². The van der Waals surface area contributed by atoms with Gasteiger partial charge < -0.3 is 9.55 Å². The molecule has 0 saturated heterocycles. The van der Waals surface area contributed by atoms with Crippen LogP contribution in [0.1, 0.15) is 19.9 Å². The van der Waals surface area contributed by atoms with E-state index in [0.717, 1.165) is 11.3 Å². The first-order chi connectivity index (χ1) is 8.00. The second-order valence-electron chi connectivity index (χ2n) is 4.07. The first-order valence-corrected chi connectivity index (χ1v) is 6.42. The zero-order chi connectivity index (χ0) is 12.6. The maximum Gasteiger partial charge on any atom is 0.177 e. The Morgan fingerprint density at radius 3 is 2.53 bits per heavy atom. The third-order valence-electron chi connectivity index (χ3n) is 2.54. The highest BCUT2D eigenvalue weighted by atomic mass is 35.5. The van der Waals surface area contributed by atoms with Crippen LogP contribution in [0.4, 0.5) is 0 Å². The predicted molar refractivity (Wildman–Crippen MR) is 75.5 cm³/mol. The molecule has 0 aliphatic heterocycles. The molecule has 0 unspecified atom stereocenters. The van der Waals surface area contributed by atoms with Crippen LogP contribution < -0.4 is 0 Å². The summed E-state index contributed by atoms with van der Waals surface area (Å²) in [5, 5.41) is 1.10. The van der Waals surface area contributed by atoms with Crippen molar-refractivity contribution >= 4 is 35.4 Å². The Labute approximate surface area is 115 Å². The van der Waals surface area contributed by atoms with E-state index < -0.39 is 0 Å². The molecule has 90 valence electrons. The molecule has 0 spiro atoms. The number of imidazole rings is 1. The highest BCUT2D eigenvalue weighted by Crippen LogP contribution is 2.29. The van der Waals surface area contributed by atoms with Crippen molar-refractivity contribution in [1.82, 2.24) is 9.55 Å². The Kier molecular flexibility index (Phi) is 3.61. The summed E-state index contributed by atoms with van der Waals surface area (Å²) in [4.78, 5) is 3.05. The average Bonchev–Trinajstić information content (AvgIpc) is 2.64. The third-order valence-corrected chi connectivity index (χ3v) is 3.60. The maximum atomic E-state index is 6.02. The third kappa shape index (κ3) is 2.41. The Morgan fingerprint density at radius 2 is 1.94 bits per heavy atom. The van der Waals surface area contributed by atoms with Gasteiger partial charge in [-0.15, -0.1) is 0 Å². The molecule has 0 saturated carbocycles. The average molecular weight is 287 g/mol. The molecule has 1 aromatic heterocycles. The van der Waals surface area contributed by atoms with E-state index >= 15 is 0 Å². The summed E-state index contributed by atoms with van der Waals surface area (Å²) >= 11 is 17.2. The van der Waals surface area contributed by atoms with Crippen molar-refractivity contribution in [3.05, 3.63) is 39.2 Å². The zero-order valence-corrected chi connectivity index (χ0v) is 11.8. The first kappa shape index (κ1) is 12.7. The molecule has 0 aliphatic carbocycles. The van der Waals surface area contributed by atoms with Crippen LogP contribution in [0, 0.1) is 4.77 Å². The van der Waals surface area contributed by atoms with E-state index in [1.165, 1.54) is 0 Å². The summed E-state index contributed by atoms with van der Waals surface area (Å²) in [7, 11) is 0. The SMILES string of the molecule is CC(C)n1c(-c2ccc(Cl)c(Cl)c2)c[nH]c1=S. The minimum atomic E-state index is 0.290. The number of rotatable bonds is 2. The number of H-pyrrole nitrogens is 1. The zero-order valence-electron chi connectivity index (χ0n) is 9.50.